The van der Waals surface area contributed by atoms with Crippen LogP contribution in [0.15, 0.2) is 59.6 Å². The molecule has 1 heterocycles. The highest BCUT2D eigenvalue weighted by molar-refractivity contribution is 7.89. The molecule has 1 atom stereocenters. The van der Waals surface area contributed by atoms with Crippen molar-refractivity contribution in [1.29, 1.82) is 0 Å². The minimum absolute atomic E-state index is 0.0939. The van der Waals surface area contributed by atoms with Crippen LogP contribution < -0.4 is 9.46 Å². The summed E-state index contributed by atoms with van der Waals surface area (Å²) in [5.41, 5.74) is 2.22. The van der Waals surface area contributed by atoms with Gasteiger partial charge in [-0.25, -0.2) is 13.1 Å². The molecule has 0 aliphatic carbocycles. The first-order chi connectivity index (χ1) is 13.3. The van der Waals surface area contributed by atoms with Crippen molar-refractivity contribution in [1.82, 2.24) is 14.2 Å². The van der Waals surface area contributed by atoms with E-state index in [0.29, 0.717) is 12.4 Å². The molecule has 1 N–H and O–H groups in total. The van der Waals surface area contributed by atoms with E-state index >= 15 is 0 Å². The third-order valence-electron chi connectivity index (χ3n) is 4.82. The molecule has 28 heavy (non-hydrogen) atoms. The van der Waals surface area contributed by atoms with E-state index in [4.69, 9.17) is 4.74 Å². The van der Waals surface area contributed by atoms with Gasteiger partial charge in [-0.2, -0.15) is 0 Å². The molecular weight excluding hydrogens is 374 g/mol. The number of nitrogens with one attached hydrogen (secondary N) is 1. The summed E-state index contributed by atoms with van der Waals surface area (Å²) in [4.78, 5) is 2.26. The van der Waals surface area contributed by atoms with Gasteiger partial charge in [0.1, 0.15) is 5.75 Å². The smallest absolute Gasteiger partial charge is 0.240 e. The molecule has 3 rings (SSSR count). The lowest BCUT2D eigenvalue weighted by Crippen LogP contribution is -2.34. The highest BCUT2D eigenvalue weighted by atomic mass is 32.2. The molecule has 7 heteroatoms. The molecule has 0 saturated heterocycles. The molecule has 1 unspecified atom stereocenters. The van der Waals surface area contributed by atoms with Crippen LogP contribution in [0.5, 0.6) is 5.75 Å². The number of ether oxygens (including phenoxy) is 1. The van der Waals surface area contributed by atoms with Gasteiger partial charge in [0.2, 0.25) is 10.0 Å². The monoisotopic (exact) mass is 401 g/mol. The van der Waals surface area contributed by atoms with Crippen LogP contribution >= 0.6 is 0 Å². The van der Waals surface area contributed by atoms with Gasteiger partial charge in [0.05, 0.1) is 11.5 Å². The lowest BCUT2D eigenvalue weighted by atomic mass is 10.1. The summed E-state index contributed by atoms with van der Waals surface area (Å²) in [6, 6.07) is 14.5. The van der Waals surface area contributed by atoms with Crippen molar-refractivity contribution < 1.29 is 13.2 Å². The molecule has 0 fully saturated rings. The van der Waals surface area contributed by atoms with Gasteiger partial charge in [0.15, 0.2) is 0 Å². The number of aryl methyl sites for hydroxylation is 1. The third kappa shape index (κ3) is 4.22. The van der Waals surface area contributed by atoms with E-state index in [2.05, 4.69) is 27.6 Å². The van der Waals surface area contributed by atoms with Crippen LogP contribution in [0.3, 0.4) is 0 Å². The number of para-hydroxylation sites is 1. The first kappa shape index (κ1) is 20.4. The molecule has 1 aromatic heterocycles. The molecular formula is C21H27N3O3S. The molecule has 0 spiro atoms. The summed E-state index contributed by atoms with van der Waals surface area (Å²) >= 11 is 0. The van der Waals surface area contributed by atoms with Gasteiger partial charge in [0.25, 0.3) is 0 Å². The zero-order valence-corrected chi connectivity index (χ0v) is 17.5. The third-order valence-corrected chi connectivity index (χ3v) is 6.26. The summed E-state index contributed by atoms with van der Waals surface area (Å²) in [5.74, 6) is 0.656. The van der Waals surface area contributed by atoms with Gasteiger partial charge in [-0.1, -0.05) is 18.2 Å². The van der Waals surface area contributed by atoms with Gasteiger partial charge >= 0.3 is 0 Å². The normalized spacial score (nSPS) is 13.2. The van der Waals surface area contributed by atoms with Gasteiger partial charge in [-0.15, -0.1) is 0 Å². The van der Waals surface area contributed by atoms with E-state index in [9.17, 15) is 8.42 Å². The molecule has 6 nitrogen and oxygen atoms in total. The second kappa shape index (κ2) is 8.34. The maximum atomic E-state index is 12.8. The highest BCUT2D eigenvalue weighted by Crippen LogP contribution is 2.28. The van der Waals surface area contributed by atoms with Gasteiger partial charge in [-0.05, 0) is 56.9 Å². The zero-order chi connectivity index (χ0) is 20.3. The van der Waals surface area contributed by atoms with Crippen LogP contribution in [0.2, 0.25) is 0 Å². The Bertz CT molecular complexity index is 1040. The van der Waals surface area contributed by atoms with Crippen molar-refractivity contribution in [2.24, 2.45) is 7.05 Å². The van der Waals surface area contributed by atoms with Crippen molar-refractivity contribution in [2.45, 2.75) is 17.9 Å². The van der Waals surface area contributed by atoms with E-state index in [1.54, 1.807) is 24.3 Å². The average molecular weight is 402 g/mol. The Morgan fingerprint density at radius 1 is 1.11 bits per heavy atom. The van der Waals surface area contributed by atoms with Gasteiger partial charge in [0, 0.05) is 36.7 Å². The molecule has 150 valence electrons. The van der Waals surface area contributed by atoms with E-state index in [0.717, 1.165) is 16.5 Å². The van der Waals surface area contributed by atoms with Crippen LogP contribution in [0.4, 0.5) is 0 Å². The van der Waals surface area contributed by atoms with E-state index in [-0.39, 0.29) is 17.5 Å². The number of rotatable bonds is 8. The summed E-state index contributed by atoms with van der Waals surface area (Å²) in [6.07, 6.45) is 2.07. The molecule has 0 radical (unpaired) electrons. The summed E-state index contributed by atoms with van der Waals surface area (Å²) < 4.78 is 35.7. The van der Waals surface area contributed by atoms with Crippen molar-refractivity contribution in [3.8, 4) is 5.75 Å². The maximum absolute atomic E-state index is 12.8. The number of hydrogen-bond acceptors (Lipinski definition) is 4. The van der Waals surface area contributed by atoms with E-state index in [1.807, 2.05) is 45.1 Å². The second-order valence-electron chi connectivity index (χ2n) is 6.95. The minimum atomic E-state index is -3.61. The van der Waals surface area contributed by atoms with Crippen LogP contribution in [0.1, 0.15) is 18.5 Å². The van der Waals surface area contributed by atoms with Crippen LogP contribution in [0.25, 0.3) is 10.9 Å². The topological polar surface area (TPSA) is 63.6 Å². The molecule has 0 aliphatic rings. The predicted molar refractivity (Wildman–Crippen MR) is 112 cm³/mol. The average Bonchev–Trinajstić information content (AvgIpc) is 2.99. The number of benzene rings is 2. The second-order valence-corrected chi connectivity index (χ2v) is 8.72. The van der Waals surface area contributed by atoms with Crippen LogP contribution in [-0.4, -0.2) is 45.1 Å². The SMILES string of the molecule is CCOc1ccc(S(=O)(=O)NCC(c2cn(C)c3ccccc23)N(C)C)cc1. The summed E-state index contributed by atoms with van der Waals surface area (Å²) in [6.45, 7) is 2.71. The minimum Gasteiger partial charge on any atom is -0.494 e. The zero-order valence-electron chi connectivity index (χ0n) is 16.7. The largest absolute Gasteiger partial charge is 0.494 e. The Morgan fingerprint density at radius 2 is 1.79 bits per heavy atom. The molecule has 0 saturated carbocycles. The van der Waals surface area contributed by atoms with Crippen molar-refractivity contribution in [3.63, 3.8) is 0 Å². The number of hydrogen-bond donors (Lipinski definition) is 1. The van der Waals surface area contributed by atoms with E-state index < -0.39 is 10.0 Å². The Labute approximate surface area is 166 Å². The van der Waals surface area contributed by atoms with Crippen LogP contribution in [0, 0.1) is 0 Å². The van der Waals surface area contributed by atoms with Crippen molar-refractivity contribution in [2.75, 3.05) is 27.2 Å². The molecule has 3 aromatic rings. The lowest BCUT2D eigenvalue weighted by Gasteiger charge is -2.24. The maximum Gasteiger partial charge on any atom is 0.240 e. The lowest BCUT2D eigenvalue weighted by molar-refractivity contribution is 0.301. The first-order valence-electron chi connectivity index (χ1n) is 9.26. The first-order valence-corrected chi connectivity index (χ1v) is 10.7. The van der Waals surface area contributed by atoms with Crippen molar-refractivity contribution >= 4 is 20.9 Å². The molecule has 2 aromatic carbocycles. The predicted octanol–water partition coefficient (Wildman–Crippen LogP) is 3.16. The van der Waals surface area contributed by atoms with E-state index in [1.165, 1.54) is 0 Å². The Morgan fingerprint density at radius 3 is 2.43 bits per heavy atom. The standard InChI is InChI=1S/C21H27N3O3S/c1-5-27-16-10-12-17(13-11-16)28(25,26)22-14-21(23(2)3)19-15-24(4)20-9-7-6-8-18(19)20/h6-13,15,21-22H,5,14H2,1-4H3. The fourth-order valence-electron chi connectivity index (χ4n) is 3.36. The molecule has 0 amide bonds. The number of aromatic nitrogens is 1. The molecule has 0 aliphatic heterocycles. The number of fused-ring (bicyclic) bond motifs is 1. The quantitative estimate of drug-likeness (QED) is 0.630. The molecule has 0 bridgehead atoms. The number of likely N-dealkylation sites (N-methyl/N-ethyl adjacent to an activating group) is 1. The van der Waals surface area contributed by atoms with Gasteiger partial charge < -0.3 is 14.2 Å². The van der Waals surface area contributed by atoms with Gasteiger partial charge in [-0.3, -0.25) is 0 Å². The fraction of sp³-hybridized carbons (Fsp3) is 0.333. The Kier molecular flexibility index (Phi) is 6.07. The van der Waals surface area contributed by atoms with Crippen LogP contribution in [-0.2, 0) is 17.1 Å². The Balaban J connectivity index is 1.83. The Hall–Kier alpha value is -2.35. The summed E-state index contributed by atoms with van der Waals surface area (Å²) in [5, 5.41) is 1.13. The summed E-state index contributed by atoms with van der Waals surface area (Å²) in [7, 11) is 2.30. The number of nitrogens with zero attached hydrogens (tertiary/aromatic N) is 2. The highest BCUT2D eigenvalue weighted by Gasteiger charge is 2.22. The number of sulfonamides is 1. The fourth-order valence-corrected chi connectivity index (χ4v) is 4.40. The van der Waals surface area contributed by atoms with Crippen molar-refractivity contribution in [3.05, 3.63) is 60.3 Å².